The number of hydrogen-bond donors (Lipinski definition) is 1. The van der Waals surface area contributed by atoms with Crippen LogP contribution in [0.25, 0.3) is 0 Å². The van der Waals surface area contributed by atoms with Crippen LogP contribution in [0, 0.1) is 0 Å². The summed E-state index contributed by atoms with van der Waals surface area (Å²) >= 11 is 0. The van der Waals surface area contributed by atoms with Crippen LogP contribution in [0.5, 0.6) is 5.75 Å². The van der Waals surface area contributed by atoms with E-state index in [9.17, 15) is 13.8 Å². The first kappa shape index (κ1) is 16.7. The Morgan fingerprint density at radius 1 is 1.40 bits per heavy atom. The molecule has 2 unspecified atom stereocenters. The van der Waals surface area contributed by atoms with Gasteiger partial charge in [0, 0.05) is 0 Å². The van der Waals surface area contributed by atoms with Gasteiger partial charge in [-0.25, -0.2) is 9.48 Å². The van der Waals surface area contributed by atoms with E-state index in [1.165, 1.54) is 0 Å². The SMILES string of the molecule is CCCOC(=O)CNP(=O)(Oc1ccccc1)C(C)F. The maximum Gasteiger partial charge on any atom is 0.350 e. The number of nitrogens with one attached hydrogen (secondary N) is 1. The molecule has 5 nitrogen and oxygen atoms in total. The number of alkyl halides is 1. The third kappa shape index (κ3) is 5.31. The Bertz CT molecular complexity index is 467. The summed E-state index contributed by atoms with van der Waals surface area (Å²) in [4.78, 5) is 11.3. The van der Waals surface area contributed by atoms with Gasteiger partial charge in [0.15, 0.2) is 5.91 Å². The number of carbonyl (C=O) groups excluding carboxylic acids is 1. The largest absolute Gasteiger partial charge is 0.465 e. The summed E-state index contributed by atoms with van der Waals surface area (Å²) in [6.07, 6.45) is 0.684. The molecule has 0 aliphatic carbocycles. The van der Waals surface area contributed by atoms with E-state index in [1.807, 2.05) is 6.92 Å². The van der Waals surface area contributed by atoms with Crippen LogP contribution in [-0.2, 0) is 14.1 Å². The molecular weight excluding hydrogens is 284 g/mol. The normalized spacial score (nSPS) is 15.2. The molecule has 0 radical (unpaired) electrons. The second-order valence-electron chi connectivity index (χ2n) is 4.13. The van der Waals surface area contributed by atoms with Gasteiger partial charge in [-0.05, 0) is 25.5 Å². The first-order valence-electron chi connectivity index (χ1n) is 6.37. The molecule has 7 heteroatoms. The second kappa shape index (κ2) is 8.02. The second-order valence-corrected chi connectivity index (χ2v) is 6.54. The number of rotatable bonds is 8. The van der Waals surface area contributed by atoms with Gasteiger partial charge in [-0.3, -0.25) is 9.36 Å². The molecule has 0 saturated heterocycles. The van der Waals surface area contributed by atoms with Crippen molar-refractivity contribution < 1.29 is 23.0 Å². The molecule has 0 spiro atoms. The molecule has 1 rings (SSSR count). The fourth-order valence-corrected chi connectivity index (χ4v) is 2.56. The van der Waals surface area contributed by atoms with Crippen LogP contribution in [-0.4, -0.2) is 25.0 Å². The summed E-state index contributed by atoms with van der Waals surface area (Å²) in [5, 5.41) is 2.34. The number of benzene rings is 1. The first-order chi connectivity index (χ1) is 9.48. The number of carbonyl (C=O) groups is 1. The zero-order valence-corrected chi connectivity index (χ0v) is 12.4. The van der Waals surface area contributed by atoms with E-state index in [0.717, 1.165) is 6.92 Å². The molecule has 0 fully saturated rings. The maximum atomic E-state index is 13.5. The van der Waals surface area contributed by atoms with Gasteiger partial charge < -0.3 is 9.26 Å². The molecule has 0 aliphatic rings. The van der Waals surface area contributed by atoms with E-state index in [1.54, 1.807) is 30.3 Å². The Labute approximate surface area is 118 Å². The molecule has 0 amide bonds. The van der Waals surface area contributed by atoms with Crippen molar-refractivity contribution in [2.24, 2.45) is 0 Å². The van der Waals surface area contributed by atoms with Crippen LogP contribution in [0.3, 0.4) is 0 Å². The zero-order chi connectivity index (χ0) is 15.0. The number of esters is 1. The summed E-state index contributed by atoms with van der Waals surface area (Å²) < 4.78 is 35.9. The lowest BCUT2D eigenvalue weighted by Crippen LogP contribution is -2.27. The average Bonchev–Trinajstić information content (AvgIpc) is 2.44. The van der Waals surface area contributed by atoms with E-state index in [0.29, 0.717) is 6.42 Å². The summed E-state index contributed by atoms with van der Waals surface area (Å²) in [5.41, 5.74) is 0. The Balaban J connectivity index is 2.63. The van der Waals surface area contributed by atoms with Crippen LogP contribution >= 0.6 is 7.52 Å². The van der Waals surface area contributed by atoms with Crippen LogP contribution in [0.2, 0.25) is 0 Å². The zero-order valence-electron chi connectivity index (χ0n) is 11.5. The average molecular weight is 303 g/mol. The lowest BCUT2D eigenvalue weighted by molar-refractivity contribution is -0.142. The monoisotopic (exact) mass is 303 g/mol. The molecule has 0 aromatic heterocycles. The van der Waals surface area contributed by atoms with Crippen molar-refractivity contribution in [2.75, 3.05) is 13.2 Å². The molecule has 112 valence electrons. The van der Waals surface area contributed by atoms with E-state index in [2.05, 4.69) is 5.09 Å². The van der Waals surface area contributed by atoms with Crippen molar-refractivity contribution in [3.05, 3.63) is 30.3 Å². The van der Waals surface area contributed by atoms with Crippen LogP contribution in [0.4, 0.5) is 4.39 Å². The van der Waals surface area contributed by atoms with Gasteiger partial charge in [-0.2, -0.15) is 0 Å². The van der Waals surface area contributed by atoms with E-state index in [4.69, 9.17) is 9.26 Å². The quantitative estimate of drug-likeness (QED) is 0.590. The van der Waals surface area contributed by atoms with Crippen LogP contribution in [0.15, 0.2) is 30.3 Å². The molecule has 1 N–H and O–H groups in total. The summed E-state index contributed by atoms with van der Waals surface area (Å²) in [6, 6.07) is 8.24. The Morgan fingerprint density at radius 3 is 2.60 bits per heavy atom. The highest BCUT2D eigenvalue weighted by Gasteiger charge is 2.33. The molecule has 0 heterocycles. The van der Waals surface area contributed by atoms with Crippen molar-refractivity contribution in [1.82, 2.24) is 5.09 Å². The van der Waals surface area contributed by atoms with Gasteiger partial charge in [-0.1, -0.05) is 25.1 Å². The van der Waals surface area contributed by atoms with Crippen LogP contribution in [0.1, 0.15) is 20.3 Å². The van der Waals surface area contributed by atoms with Crippen molar-refractivity contribution in [1.29, 1.82) is 0 Å². The van der Waals surface area contributed by atoms with Gasteiger partial charge >= 0.3 is 13.5 Å². The third-order valence-corrected chi connectivity index (χ3v) is 4.38. The lowest BCUT2D eigenvalue weighted by atomic mass is 10.3. The fourth-order valence-electron chi connectivity index (χ4n) is 1.31. The molecule has 0 aliphatic heterocycles. The summed E-state index contributed by atoms with van der Waals surface area (Å²) in [6.45, 7) is 2.88. The Kier molecular flexibility index (Phi) is 6.68. The Morgan fingerprint density at radius 2 is 2.05 bits per heavy atom. The molecular formula is C13H19FNO4P. The molecule has 0 bridgehead atoms. The van der Waals surface area contributed by atoms with Crippen molar-refractivity contribution in [2.45, 2.75) is 26.2 Å². The van der Waals surface area contributed by atoms with Crippen molar-refractivity contribution in [3.8, 4) is 5.75 Å². The van der Waals surface area contributed by atoms with Gasteiger partial charge in [0.1, 0.15) is 12.3 Å². The van der Waals surface area contributed by atoms with Crippen LogP contribution < -0.4 is 9.61 Å². The van der Waals surface area contributed by atoms with E-state index >= 15 is 0 Å². The maximum absolute atomic E-state index is 13.5. The fraction of sp³-hybridized carbons (Fsp3) is 0.462. The summed E-state index contributed by atoms with van der Waals surface area (Å²) in [5.74, 6) is -2.07. The highest BCUT2D eigenvalue weighted by atomic mass is 31.2. The molecule has 0 saturated carbocycles. The van der Waals surface area contributed by atoms with E-state index in [-0.39, 0.29) is 18.9 Å². The minimum atomic E-state index is -3.82. The van der Waals surface area contributed by atoms with Gasteiger partial charge in [0.05, 0.1) is 6.61 Å². The number of hydrogen-bond acceptors (Lipinski definition) is 4. The molecule has 2 atom stereocenters. The smallest absolute Gasteiger partial charge is 0.350 e. The standard InChI is InChI=1S/C13H19FNO4P/c1-3-9-18-13(16)10-15-20(17,11(2)14)19-12-7-5-4-6-8-12/h4-8,11H,3,9-10H2,1-2H3,(H,15,17). The van der Waals surface area contributed by atoms with E-state index < -0.39 is 19.4 Å². The molecule has 20 heavy (non-hydrogen) atoms. The van der Waals surface area contributed by atoms with Gasteiger partial charge in [0.2, 0.25) is 0 Å². The Hall–Kier alpha value is -1.39. The van der Waals surface area contributed by atoms with Gasteiger partial charge in [-0.15, -0.1) is 0 Å². The minimum Gasteiger partial charge on any atom is -0.465 e. The number of para-hydroxylation sites is 1. The third-order valence-electron chi connectivity index (χ3n) is 2.36. The van der Waals surface area contributed by atoms with Gasteiger partial charge in [0.25, 0.3) is 0 Å². The molecule has 1 aromatic rings. The lowest BCUT2D eigenvalue weighted by Gasteiger charge is -2.21. The number of ether oxygens (including phenoxy) is 1. The number of halogens is 1. The van der Waals surface area contributed by atoms with Crippen molar-refractivity contribution >= 4 is 13.5 Å². The first-order valence-corrected chi connectivity index (χ1v) is 8.06. The molecule has 1 aromatic carbocycles. The minimum absolute atomic E-state index is 0.273. The topological polar surface area (TPSA) is 64.6 Å². The van der Waals surface area contributed by atoms with Crippen molar-refractivity contribution in [3.63, 3.8) is 0 Å². The predicted octanol–water partition coefficient (Wildman–Crippen LogP) is 3.12. The summed E-state index contributed by atoms with van der Waals surface area (Å²) in [7, 11) is -3.82. The highest BCUT2D eigenvalue weighted by molar-refractivity contribution is 7.57. The highest BCUT2D eigenvalue weighted by Crippen LogP contribution is 2.48. The predicted molar refractivity (Wildman–Crippen MR) is 74.5 cm³/mol.